The molecule has 3 heteroatoms. The SMILES string of the molecule is Fc1ccc2[nH]c3c(c2c1)C[C@@H](NCc1ccccc1)CC3. The van der Waals surface area contributed by atoms with Crippen LogP contribution < -0.4 is 5.32 Å². The molecular formula is C19H19FN2. The standard InChI is InChI=1S/C19H19FN2/c20-14-6-8-18-16(10-14)17-11-15(7-9-19(17)22-18)21-12-13-4-2-1-3-5-13/h1-6,8,10,15,21-22H,7,9,11-12H2/t15-/m0/s1. The lowest BCUT2D eigenvalue weighted by Crippen LogP contribution is -2.33. The zero-order valence-electron chi connectivity index (χ0n) is 12.4. The van der Waals surface area contributed by atoms with Gasteiger partial charge in [0.25, 0.3) is 0 Å². The maximum Gasteiger partial charge on any atom is 0.123 e. The predicted molar refractivity (Wildman–Crippen MR) is 87.4 cm³/mol. The largest absolute Gasteiger partial charge is 0.358 e. The van der Waals surface area contributed by atoms with Crippen molar-refractivity contribution in [3.8, 4) is 0 Å². The first-order valence-corrected chi connectivity index (χ1v) is 7.86. The minimum Gasteiger partial charge on any atom is -0.358 e. The first kappa shape index (κ1) is 13.5. The molecule has 2 nitrogen and oxygen atoms in total. The molecule has 1 aromatic heterocycles. The van der Waals surface area contributed by atoms with Gasteiger partial charge < -0.3 is 10.3 Å². The Morgan fingerprint density at radius 1 is 1.14 bits per heavy atom. The molecule has 22 heavy (non-hydrogen) atoms. The van der Waals surface area contributed by atoms with E-state index in [1.165, 1.54) is 22.9 Å². The highest BCUT2D eigenvalue weighted by atomic mass is 19.1. The van der Waals surface area contributed by atoms with Crippen molar-refractivity contribution in [2.45, 2.75) is 31.8 Å². The number of aromatic nitrogens is 1. The Morgan fingerprint density at radius 2 is 2.00 bits per heavy atom. The van der Waals surface area contributed by atoms with Crippen molar-refractivity contribution in [1.29, 1.82) is 0 Å². The third-order valence-electron chi connectivity index (χ3n) is 4.59. The van der Waals surface area contributed by atoms with Gasteiger partial charge in [0.1, 0.15) is 5.82 Å². The van der Waals surface area contributed by atoms with Gasteiger partial charge in [-0.2, -0.15) is 0 Å². The number of hydrogen-bond acceptors (Lipinski definition) is 1. The number of H-pyrrole nitrogens is 1. The van der Waals surface area contributed by atoms with E-state index in [-0.39, 0.29) is 5.82 Å². The maximum absolute atomic E-state index is 13.5. The zero-order chi connectivity index (χ0) is 14.9. The fourth-order valence-corrected chi connectivity index (χ4v) is 3.42. The highest BCUT2D eigenvalue weighted by molar-refractivity contribution is 5.85. The molecule has 0 radical (unpaired) electrons. The van der Waals surface area contributed by atoms with E-state index in [9.17, 15) is 4.39 Å². The molecule has 4 rings (SSSR count). The van der Waals surface area contributed by atoms with E-state index >= 15 is 0 Å². The summed E-state index contributed by atoms with van der Waals surface area (Å²) in [5.41, 5.74) is 4.91. The van der Waals surface area contributed by atoms with Crippen LogP contribution in [0, 0.1) is 5.82 Å². The minimum absolute atomic E-state index is 0.159. The molecule has 2 aromatic carbocycles. The molecule has 0 saturated heterocycles. The number of rotatable bonds is 3. The molecule has 2 N–H and O–H groups in total. The summed E-state index contributed by atoms with van der Waals surface area (Å²) in [6, 6.07) is 15.9. The number of fused-ring (bicyclic) bond motifs is 3. The summed E-state index contributed by atoms with van der Waals surface area (Å²) < 4.78 is 13.5. The van der Waals surface area contributed by atoms with Crippen LogP contribution in [0.5, 0.6) is 0 Å². The molecule has 0 unspecified atom stereocenters. The van der Waals surface area contributed by atoms with Gasteiger partial charge in [-0.3, -0.25) is 0 Å². The molecule has 0 spiro atoms. The van der Waals surface area contributed by atoms with Gasteiger partial charge >= 0.3 is 0 Å². The fourth-order valence-electron chi connectivity index (χ4n) is 3.42. The molecule has 3 aromatic rings. The second-order valence-electron chi connectivity index (χ2n) is 6.08. The average Bonchev–Trinajstić information content (AvgIpc) is 2.91. The number of aryl methyl sites for hydroxylation is 1. The first-order valence-electron chi connectivity index (χ1n) is 7.86. The molecule has 1 aliphatic carbocycles. The van der Waals surface area contributed by atoms with E-state index in [1.807, 2.05) is 12.1 Å². The topological polar surface area (TPSA) is 27.8 Å². The lowest BCUT2D eigenvalue weighted by molar-refractivity contribution is 0.457. The van der Waals surface area contributed by atoms with Gasteiger partial charge in [0.2, 0.25) is 0 Å². The van der Waals surface area contributed by atoms with Crippen LogP contribution in [0.25, 0.3) is 10.9 Å². The quantitative estimate of drug-likeness (QED) is 0.752. The van der Waals surface area contributed by atoms with Crippen molar-refractivity contribution in [2.75, 3.05) is 0 Å². The minimum atomic E-state index is -0.159. The van der Waals surface area contributed by atoms with Crippen molar-refractivity contribution in [3.05, 3.63) is 71.2 Å². The maximum atomic E-state index is 13.5. The van der Waals surface area contributed by atoms with Crippen molar-refractivity contribution in [3.63, 3.8) is 0 Å². The number of hydrogen-bond donors (Lipinski definition) is 2. The zero-order valence-corrected chi connectivity index (χ0v) is 12.4. The van der Waals surface area contributed by atoms with E-state index in [2.05, 4.69) is 34.6 Å². The van der Waals surface area contributed by atoms with E-state index in [4.69, 9.17) is 0 Å². The molecule has 0 bridgehead atoms. The molecule has 1 heterocycles. The van der Waals surface area contributed by atoms with Gasteiger partial charge in [-0.25, -0.2) is 4.39 Å². The third kappa shape index (κ3) is 2.53. The Balaban J connectivity index is 1.53. The number of halogens is 1. The lowest BCUT2D eigenvalue weighted by atomic mass is 9.91. The summed E-state index contributed by atoms with van der Waals surface area (Å²) in [5, 5.41) is 4.68. The van der Waals surface area contributed by atoms with Gasteiger partial charge in [-0.15, -0.1) is 0 Å². The van der Waals surface area contributed by atoms with Crippen molar-refractivity contribution < 1.29 is 4.39 Å². The molecule has 1 aliphatic rings. The average molecular weight is 294 g/mol. The monoisotopic (exact) mass is 294 g/mol. The van der Waals surface area contributed by atoms with Gasteiger partial charge in [0.15, 0.2) is 0 Å². The van der Waals surface area contributed by atoms with Gasteiger partial charge in [-0.1, -0.05) is 30.3 Å². The molecule has 0 amide bonds. The van der Waals surface area contributed by atoms with Crippen molar-refractivity contribution in [2.24, 2.45) is 0 Å². The van der Waals surface area contributed by atoms with Crippen LogP contribution >= 0.6 is 0 Å². The van der Waals surface area contributed by atoms with Crippen LogP contribution in [0.1, 0.15) is 23.2 Å². The molecule has 0 aliphatic heterocycles. The summed E-state index contributed by atoms with van der Waals surface area (Å²) in [7, 11) is 0. The van der Waals surface area contributed by atoms with Gasteiger partial charge in [0, 0.05) is 29.2 Å². The van der Waals surface area contributed by atoms with Gasteiger partial charge in [0.05, 0.1) is 0 Å². The molecule has 0 saturated carbocycles. The number of nitrogens with one attached hydrogen (secondary N) is 2. The van der Waals surface area contributed by atoms with Crippen LogP contribution in [-0.2, 0) is 19.4 Å². The normalized spacial score (nSPS) is 17.6. The van der Waals surface area contributed by atoms with E-state index in [1.54, 1.807) is 6.07 Å². The summed E-state index contributed by atoms with van der Waals surface area (Å²) in [6.45, 7) is 0.886. The molecule has 0 fully saturated rings. The lowest BCUT2D eigenvalue weighted by Gasteiger charge is -2.24. The van der Waals surface area contributed by atoms with E-state index in [0.717, 1.165) is 36.7 Å². The van der Waals surface area contributed by atoms with Crippen LogP contribution in [-0.4, -0.2) is 11.0 Å². The van der Waals surface area contributed by atoms with E-state index in [0.29, 0.717) is 6.04 Å². The summed E-state index contributed by atoms with van der Waals surface area (Å²) in [6.07, 6.45) is 3.11. The second kappa shape index (κ2) is 5.58. The Labute approximate surface area is 129 Å². The second-order valence-corrected chi connectivity index (χ2v) is 6.08. The Bertz CT molecular complexity index is 792. The highest BCUT2D eigenvalue weighted by Crippen LogP contribution is 2.29. The first-order chi connectivity index (χ1) is 10.8. The summed E-state index contributed by atoms with van der Waals surface area (Å²) in [4.78, 5) is 3.44. The van der Waals surface area contributed by atoms with Crippen LogP contribution in [0.2, 0.25) is 0 Å². The summed E-state index contributed by atoms with van der Waals surface area (Å²) in [5.74, 6) is -0.159. The van der Waals surface area contributed by atoms with Crippen LogP contribution in [0.3, 0.4) is 0 Å². The number of aromatic amines is 1. The summed E-state index contributed by atoms with van der Waals surface area (Å²) >= 11 is 0. The van der Waals surface area contributed by atoms with Crippen LogP contribution in [0.4, 0.5) is 4.39 Å². The third-order valence-corrected chi connectivity index (χ3v) is 4.59. The Morgan fingerprint density at radius 3 is 2.86 bits per heavy atom. The van der Waals surface area contributed by atoms with Crippen molar-refractivity contribution >= 4 is 10.9 Å². The Hall–Kier alpha value is -2.13. The molecule has 112 valence electrons. The Kier molecular flexibility index (Phi) is 3.43. The van der Waals surface area contributed by atoms with Crippen LogP contribution in [0.15, 0.2) is 48.5 Å². The number of benzene rings is 2. The predicted octanol–water partition coefficient (Wildman–Crippen LogP) is 3.95. The molecular weight excluding hydrogens is 275 g/mol. The van der Waals surface area contributed by atoms with Gasteiger partial charge in [-0.05, 0) is 48.6 Å². The smallest absolute Gasteiger partial charge is 0.123 e. The molecule has 1 atom stereocenters. The van der Waals surface area contributed by atoms with E-state index < -0.39 is 0 Å². The fraction of sp³-hybridized carbons (Fsp3) is 0.263. The highest BCUT2D eigenvalue weighted by Gasteiger charge is 2.22. The van der Waals surface area contributed by atoms with Crippen molar-refractivity contribution in [1.82, 2.24) is 10.3 Å².